The number of nitrogens with one attached hydrogen (secondary N) is 1. The van der Waals surface area contributed by atoms with Gasteiger partial charge in [-0.2, -0.15) is 0 Å². The predicted octanol–water partition coefficient (Wildman–Crippen LogP) is 4.55. The summed E-state index contributed by atoms with van der Waals surface area (Å²) in [6.45, 7) is 2.54. The van der Waals surface area contributed by atoms with Gasteiger partial charge >= 0.3 is 0 Å². The largest absolute Gasteiger partial charge is 0.494 e. The maximum atomic E-state index is 13.0. The smallest absolute Gasteiger partial charge is 0.278 e. The third-order valence-corrected chi connectivity index (χ3v) is 5.51. The van der Waals surface area contributed by atoms with Crippen LogP contribution in [0.1, 0.15) is 31.5 Å². The summed E-state index contributed by atoms with van der Waals surface area (Å²) in [6, 6.07) is 13.8. The van der Waals surface area contributed by atoms with Gasteiger partial charge in [-0.15, -0.1) is 22.0 Å². The second-order valence-corrected chi connectivity index (χ2v) is 7.75. The van der Waals surface area contributed by atoms with Crippen molar-refractivity contribution in [2.24, 2.45) is 0 Å². The minimum absolute atomic E-state index is 0.134. The van der Waals surface area contributed by atoms with E-state index in [1.165, 1.54) is 23.9 Å². The van der Waals surface area contributed by atoms with Crippen LogP contribution in [0.4, 0.5) is 16.0 Å². The Hall–Kier alpha value is -2.87. The highest BCUT2D eigenvalue weighted by Gasteiger charge is 2.29. The molecule has 8 heteroatoms. The summed E-state index contributed by atoms with van der Waals surface area (Å²) >= 11 is 1.44. The number of ether oxygens (including phenoxy) is 1. The Morgan fingerprint density at radius 3 is 2.52 bits per heavy atom. The van der Waals surface area contributed by atoms with E-state index in [2.05, 4.69) is 15.5 Å². The van der Waals surface area contributed by atoms with Gasteiger partial charge < -0.3 is 10.1 Å². The van der Waals surface area contributed by atoms with Crippen LogP contribution in [0.3, 0.4) is 0 Å². The van der Waals surface area contributed by atoms with Crippen LogP contribution in [0.25, 0.3) is 0 Å². The molecule has 1 aliphatic rings. The summed E-state index contributed by atoms with van der Waals surface area (Å²) in [5, 5.41) is 11.6. The molecule has 1 fully saturated rings. The van der Waals surface area contributed by atoms with Crippen molar-refractivity contribution < 1.29 is 9.13 Å². The average Bonchev–Trinajstić information content (AvgIpc) is 3.55. The van der Waals surface area contributed by atoms with Gasteiger partial charge in [0.1, 0.15) is 17.3 Å². The van der Waals surface area contributed by atoms with Crippen molar-refractivity contribution in [2.45, 2.75) is 36.5 Å². The molecule has 4 rings (SSSR count). The number of hydrogen-bond donors (Lipinski definition) is 1. The third kappa shape index (κ3) is 4.76. The van der Waals surface area contributed by atoms with Gasteiger partial charge in [0.25, 0.3) is 5.56 Å². The lowest BCUT2D eigenvalue weighted by molar-refractivity contribution is 0.340. The SMILES string of the molecule is CCOc1ccc(Nc2nnc(CSc3ccc(F)cc3)c(=O)n2C2CC2)cc1. The van der Waals surface area contributed by atoms with Crippen molar-refractivity contribution in [3.05, 3.63) is 70.4 Å². The molecule has 0 saturated heterocycles. The first-order valence-corrected chi connectivity index (χ1v) is 10.5. The molecule has 1 heterocycles. The molecule has 0 spiro atoms. The molecule has 3 aromatic rings. The average molecular weight is 412 g/mol. The third-order valence-electron chi connectivity index (χ3n) is 4.48. The van der Waals surface area contributed by atoms with E-state index in [4.69, 9.17) is 4.74 Å². The van der Waals surface area contributed by atoms with Gasteiger partial charge in [0.15, 0.2) is 0 Å². The molecular weight excluding hydrogens is 391 g/mol. The quantitative estimate of drug-likeness (QED) is 0.548. The summed E-state index contributed by atoms with van der Waals surface area (Å²) in [5.74, 6) is 1.33. The highest BCUT2D eigenvalue weighted by atomic mass is 32.2. The maximum Gasteiger partial charge on any atom is 0.278 e. The molecule has 29 heavy (non-hydrogen) atoms. The van der Waals surface area contributed by atoms with E-state index in [1.54, 1.807) is 16.7 Å². The van der Waals surface area contributed by atoms with E-state index in [9.17, 15) is 9.18 Å². The van der Waals surface area contributed by atoms with E-state index in [0.29, 0.717) is 24.0 Å². The predicted molar refractivity (Wildman–Crippen MR) is 111 cm³/mol. The molecule has 1 saturated carbocycles. The number of halogens is 1. The number of hydrogen-bond acceptors (Lipinski definition) is 6. The number of anilines is 2. The first-order chi connectivity index (χ1) is 14.1. The normalized spacial score (nSPS) is 13.3. The van der Waals surface area contributed by atoms with Gasteiger partial charge in [-0.3, -0.25) is 9.36 Å². The summed E-state index contributed by atoms with van der Waals surface area (Å²) in [6.07, 6.45) is 1.90. The molecule has 0 amide bonds. The molecule has 0 bridgehead atoms. The fourth-order valence-electron chi connectivity index (χ4n) is 2.89. The van der Waals surface area contributed by atoms with Gasteiger partial charge in [-0.1, -0.05) is 0 Å². The Morgan fingerprint density at radius 1 is 1.14 bits per heavy atom. The number of thioether (sulfide) groups is 1. The Balaban J connectivity index is 1.53. The maximum absolute atomic E-state index is 13.0. The van der Waals surface area contributed by atoms with Crippen LogP contribution in [0, 0.1) is 5.82 Å². The van der Waals surface area contributed by atoms with E-state index in [0.717, 1.165) is 29.2 Å². The van der Waals surface area contributed by atoms with E-state index in [-0.39, 0.29) is 17.4 Å². The summed E-state index contributed by atoms with van der Waals surface area (Å²) in [4.78, 5) is 13.9. The Morgan fingerprint density at radius 2 is 1.86 bits per heavy atom. The lowest BCUT2D eigenvalue weighted by atomic mass is 10.3. The van der Waals surface area contributed by atoms with Gasteiger partial charge in [0, 0.05) is 22.4 Å². The van der Waals surface area contributed by atoms with Gasteiger partial charge in [0.2, 0.25) is 5.95 Å². The van der Waals surface area contributed by atoms with Crippen molar-refractivity contribution in [3.63, 3.8) is 0 Å². The van der Waals surface area contributed by atoms with Crippen molar-refractivity contribution in [2.75, 3.05) is 11.9 Å². The molecule has 0 radical (unpaired) electrons. The Kier molecular flexibility index (Phi) is 5.80. The highest BCUT2D eigenvalue weighted by Crippen LogP contribution is 2.36. The van der Waals surface area contributed by atoms with Gasteiger partial charge in [0.05, 0.1) is 6.61 Å². The lowest BCUT2D eigenvalue weighted by Crippen LogP contribution is -2.27. The van der Waals surface area contributed by atoms with Crippen molar-refractivity contribution in [1.29, 1.82) is 0 Å². The van der Waals surface area contributed by atoms with Crippen LogP contribution in [0.5, 0.6) is 5.75 Å². The van der Waals surface area contributed by atoms with Crippen LogP contribution < -0.4 is 15.6 Å². The van der Waals surface area contributed by atoms with Gasteiger partial charge in [-0.05, 0) is 68.3 Å². The molecule has 2 aromatic carbocycles. The molecule has 150 valence electrons. The van der Waals surface area contributed by atoms with Crippen LogP contribution in [0.15, 0.2) is 58.2 Å². The number of aromatic nitrogens is 3. The molecule has 1 aromatic heterocycles. The zero-order valence-corrected chi connectivity index (χ0v) is 16.8. The van der Waals surface area contributed by atoms with E-state index in [1.807, 2.05) is 31.2 Å². The standard InChI is InChI=1S/C21H21FN4O2S/c1-2-28-17-9-5-15(6-10-17)23-21-25-24-19(20(27)26(21)16-7-8-16)13-29-18-11-3-14(22)4-12-18/h3-6,9-12,16H,2,7-8,13H2,1H3,(H,23,25). The second kappa shape index (κ2) is 8.65. The summed E-state index contributed by atoms with van der Waals surface area (Å²) in [7, 11) is 0. The fourth-order valence-corrected chi connectivity index (χ4v) is 3.71. The topological polar surface area (TPSA) is 69.0 Å². The first kappa shape index (κ1) is 19.4. The summed E-state index contributed by atoms with van der Waals surface area (Å²) < 4.78 is 20.2. The minimum Gasteiger partial charge on any atom is -0.494 e. The zero-order chi connectivity index (χ0) is 20.2. The van der Waals surface area contributed by atoms with Crippen molar-refractivity contribution in [3.8, 4) is 5.75 Å². The van der Waals surface area contributed by atoms with Crippen molar-refractivity contribution in [1.82, 2.24) is 14.8 Å². The van der Waals surface area contributed by atoms with E-state index < -0.39 is 0 Å². The molecule has 0 atom stereocenters. The second-order valence-electron chi connectivity index (χ2n) is 6.70. The lowest BCUT2D eigenvalue weighted by Gasteiger charge is -2.14. The van der Waals surface area contributed by atoms with Crippen LogP contribution in [-0.4, -0.2) is 21.4 Å². The van der Waals surface area contributed by atoms with E-state index >= 15 is 0 Å². The Bertz CT molecular complexity index is 1030. The molecule has 1 N–H and O–H groups in total. The van der Waals surface area contributed by atoms with Crippen LogP contribution in [-0.2, 0) is 5.75 Å². The van der Waals surface area contributed by atoms with Crippen molar-refractivity contribution >= 4 is 23.4 Å². The number of nitrogens with zero attached hydrogens (tertiary/aromatic N) is 3. The number of rotatable bonds is 8. The van der Waals surface area contributed by atoms with Gasteiger partial charge in [-0.25, -0.2) is 4.39 Å². The molecule has 0 unspecified atom stereocenters. The number of benzene rings is 2. The summed E-state index contributed by atoms with van der Waals surface area (Å²) in [5.41, 5.74) is 1.07. The zero-order valence-electron chi connectivity index (χ0n) is 16.0. The minimum atomic E-state index is -0.282. The molecule has 1 aliphatic carbocycles. The fraction of sp³-hybridized carbons (Fsp3) is 0.286. The monoisotopic (exact) mass is 412 g/mol. The first-order valence-electron chi connectivity index (χ1n) is 9.50. The molecule has 6 nitrogen and oxygen atoms in total. The Labute approximate surface area is 172 Å². The molecule has 0 aliphatic heterocycles. The van der Waals surface area contributed by atoms with Crippen LogP contribution in [0.2, 0.25) is 0 Å². The molecular formula is C21H21FN4O2S. The van der Waals surface area contributed by atoms with Crippen LogP contribution >= 0.6 is 11.8 Å². The highest BCUT2D eigenvalue weighted by molar-refractivity contribution is 7.98.